The van der Waals surface area contributed by atoms with E-state index in [1.165, 1.54) is 6.08 Å². The second-order valence-corrected chi connectivity index (χ2v) is 7.36. The second kappa shape index (κ2) is 7.91. The third kappa shape index (κ3) is 3.71. The van der Waals surface area contributed by atoms with Gasteiger partial charge in [0.25, 0.3) is 5.91 Å². The molecule has 4 rings (SSSR count). The van der Waals surface area contributed by atoms with Crippen LogP contribution in [-0.2, 0) is 4.79 Å². The van der Waals surface area contributed by atoms with Crippen LogP contribution in [0.15, 0.2) is 67.4 Å². The Morgan fingerprint density at radius 1 is 1.10 bits per heavy atom. The molecule has 6 heteroatoms. The van der Waals surface area contributed by atoms with Crippen LogP contribution >= 0.6 is 0 Å². The smallest absolute Gasteiger partial charge is 0.250 e. The average Bonchev–Trinajstić information content (AvgIpc) is 3.20. The Morgan fingerprint density at radius 3 is 2.58 bits per heavy atom. The van der Waals surface area contributed by atoms with Crippen molar-refractivity contribution < 1.29 is 9.59 Å². The van der Waals surface area contributed by atoms with Crippen molar-refractivity contribution in [3.63, 3.8) is 0 Å². The van der Waals surface area contributed by atoms with Crippen molar-refractivity contribution in [3.8, 4) is 22.4 Å². The molecule has 0 radical (unpaired) electrons. The monoisotopic (exact) mass is 410 g/mol. The molecule has 6 nitrogen and oxygen atoms in total. The van der Waals surface area contributed by atoms with Gasteiger partial charge in [-0.2, -0.15) is 0 Å². The van der Waals surface area contributed by atoms with Crippen LogP contribution in [0.5, 0.6) is 0 Å². The number of aromatic nitrogens is 2. The molecule has 0 saturated carbocycles. The first-order chi connectivity index (χ1) is 14.9. The first kappa shape index (κ1) is 20.1. The van der Waals surface area contributed by atoms with Gasteiger partial charge in [0.05, 0.1) is 11.1 Å². The van der Waals surface area contributed by atoms with E-state index in [9.17, 15) is 9.59 Å². The number of carbonyl (C=O) groups excluding carboxylic acids is 2. The van der Waals surface area contributed by atoms with Crippen LogP contribution in [0.1, 0.15) is 21.6 Å². The number of hydrogen-bond acceptors (Lipinski definition) is 3. The predicted molar refractivity (Wildman–Crippen MR) is 124 cm³/mol. The summed E-state index contributed by atoms with van der Waals surface area (Å²) in [4.78, 5) is 31.6. The number of hydrogen-bond donors (Lipinski definition) is 3. The minimum absolute atomic E-state index is 0.273. The maximum absolute atomic E-state index is 12.1. The van der Waals surface area contributed by atoms with E-state index in [1.807, 2.05) is 56.3 Å². The van der Waals surface area contributed by atoms with E-state index in [1.54, 1.807) is 12.3 Å². The quantitative estimate of drug-likeness (QED) is 0.414. The number of nitrogens with zero attached hydrogens (tertiary/aromatic N) is 1. The number of pyridine rings is 1. The van der Waals surface area contributed by atoms with Gasteiger partial charge < -0.3 is 16.0 Å². The van der Waals surface area contributed by atoms with Crippen LogP contribution in [-0.4, -0.2) is 21.8 Å². The molecule has 0 atom stereocenters. The third-order valence-corrected chi connectivity index (χ3v) is 5.35. The Labute approximate surface area is 179 Å². The molecule has 0 saturated heterocycles. The molecule has 0 aliphatic rings. The highest BCUT2D eigenvalue weighted by Crippen LogP contribution is 2.37. The van der Waals surface area contributed by atoms with Crippen molar-refractivity contribution in [2.24, 2.45) is 5.73 Å². The molecule has 0 aliphatic heterocycles. The van der Waals surface area contributed by atoms with Crippen LogP contribution in [0.3, 0.4) is 0 Å². The second-order valence-electron chi connectivity index (χ2n) is 7.36. The molecule has 4 N–H and O–H groups in total. The lowest BCUT2D eigenvalue weighted by Crippen LogP contribution is -2.11. The van der Waals surface area contributed by atoms with E-state index in [-0.39, 0.29) is 5.91 Å². The molecule has 2 heterocycles. The van der Waals surface area contributed by atoms with Crippen LogP contribution in [0, 0.1) is 13.8 Å². The molecule has 154 valence electrons. The van der Waals surface area contributed by atoms with Gasteiger partial charge in [-0.1, -0.05) is 24.8 Å². The first-order valence-electron chi connectivity index (χ1n) is 9.81. The first-order valence-corrected chi connectivity index (χ1v) is 9.81. The number of fused-ring (bicyclic) bond motifs is 1. The van der Waals surface area contributed by atoms with Crippen molar-refractivity contribution in [3.05, 3.63) is 84.2 Å². The average molecular weight is 410 g/mol. The Hall–Kier alpha value is -4.19. The minimum atomic E-state index is -0.504. The van der Waals surface area contributed by atoms with Gasteiger partial charge in [-0.3, -0.25) is 14.6 Å². The van der Waals surface area contributed by atoms with Crippen LogP contribution in [0.4, 0.5) is 5.69 Å². The summed E-state index contributed by atoms with van der Waals surface area (Å²) in [5.74, 6) is -0.777. The fraction of sp³-hybridized carbons (Fsp3) is 0.0800. The zero-order chi connectivity index (χ0) is 22.1. The molecule has 2 aromatic carbocycles. The van der Waals surface area contributed by atoms with Gasteiger partial charge in [0.2, 0.25) is 5.91 Å². The highest BCUT2D eigenvalue weighted by atomic mass is 16.1. The number of carbonyl (C=O) groups is 2. The lowest BCUT2D eigenvalue weighted by molar-refractivity contribution is -0.111. The van der Waals surface area contributed by atoms with Gasteiger partial charge in [-0.05, 0) is 66.9 Å². The summed E-state index contributed by atoms with van der Waals surface area (Å²) in [6.07, 6.45) is 3.03. The molecule has 0 bridgehead atoms. The summed E-state index contributed by atoms with van der Waals surface area (Å²) in [7, 11) is 0. The Balaban J connectivity index is 1.93. The van der Waals surface area contributed by atoms with Gasteiger partial charge >= 0.3 is 0 Å². The molecular formula is C25H22N4O2. The third-order valence-electron chi connectivity index (χ3n) is 5.35. The number of aryl methyl sites for hydroxylation is 1. The maximum atomic E-state index is 12.1. The highest BCUT2D eigenvalue weighted by Gasteiger charge is 2.17. The van der Waals surface area contributed by atoms with E-state index in [4.69, 9.17) is 5.73 Å². The lowest BCUT2D eigenvalue weighted by Gasteiger charge is -2.13. The molecule has 0 unspecified atom stereocenters. The summed E-state index contributed by atoms with van der Waals surface area (Å²) in [6, 6.07) is 15.2. The van der Waals surface area contributed by atoms with Crippen molar-refractivity contribution in [2.45, 2.75) is 13.8 Å². The molecule has 0 spiro atoms. The summed E-state index contributed by atoms with van der Waals surface area (Å²) >= 11 is 0. The number of rotatable bonds is 5. The standard InChI is InChI=1S/C25H22N4O2/c1-4-23(30)28-21-7-5-6-17(15(21)3)18-10-11-19(25(26)31)24-20(18)12-22(29-24)16-9-8-14(2)27-13-16/h4-13,29H,1H2,2-3H3,(H2,26,31)(H,28,30). The van der Waals surface area contributed by atoms with E-state index in [2.05, 4.69) is 21.9 Å². The van der Waals surface area contributed by atoms with Gasteiger partial charge in [0.1, 0.15) is 0 Å². The molecular weight excluding hydrogens is 388 g/mol. The molecule has 2 aromatic heterocycles. The van der Waals surface area contributed by atoms with Gasteiger partial charge in [0.15, 0.2) is 0 Å². The molecule has 0 aliphatic carbocycles. The summed E-state index contributed by atoms with van der Waals surface area (Å²) in [5, 5.41) is 3.70. The number of anilines is 1. The zero-order valence-electron chi connectivity index (χ0n) is 17.3. The van der Waals surface area contributed by atoms with Gasteiger partial charge in [-0.15, -0.1) is 0 Å². The van der Waals surface area contributed by atoms with Crippen LogP contribution < -0.4 is 11.1 Å². The van der Waals surface area contributed by atoms with Crippen molar-refractivity contribution in [2.75, 3.05) is 5.32 Å². The van der Waals surface area contributed by atoms with E-state index in [0.29, 0.717) is 16.8 Å². The summed E-state index contributed by atoms with van der Waals surface area (Å²) < 4.78 is 0. The largest absolute Gasteiger partial charge is 0.366 e. The topological polar surface area (TPSA) is 101 Å². The maximum Gasteiger partial charge on any atom is 0.250 e. The number of aromatic amines is 1. The SMILES string of the molecule is C=CC(=O)Nc1cccc(-c2ccc(C(N)=O)c3[nH]c(-c4ccc(C)nc4)cc23)c1C. The Morgan fingerprint density at radius 2 is 1.90 bits per heavy atom. The number of benzene rings is 2. The Kier molecular flexibility index (Phi) is 5.13. The number of nitrogens with two attached hydrogens (primary N) is 1. The predicted octanol–water partition coefficient (Wildman–Crippen LogP) is 4.74. The van der Waals surface area contributed by atoms with E-state index >= 15 is 0 Å². The number of nitrogens with one attached hydrogen (secondary N) is 2. The van der Waals surface area contributed by atoms with Crippen LogP contribution in [0.25, 0.3) is 33.3 Å². The fourth-order valence-corrected chi connectivity index (χ4v) is 3.69. The van der Waals surface area contributed by atoms with Gasteiger partial charge in [-0.25, -0.2) is 0 Å². The molecule has 4 aromatic rings. The number of primary amides is 1. The summed E-state index contributed by atoms with van der Waals surface area (Å²) in [5.41, 5.74) is 12.9. The zero-order valence-corrected chi connectivity index (χ0v) is 17.3. The van der Waals surface area contributed by atoms with E-state index < -0.39 is 5.91 Å². The van der Waals surface area contributed by atoms with Crippen LogP contribution in [0.2, 0.25) is 0 Å². The minimum Gasteiger partial charge on any atom is -0.366 e. The molecule has 0 fully saturated rings. The molecule has 31 heavy (non-hydrogen) atoms. The fourth-order valence-electron chi connectivity index (χ4n) is 3.69. The number of amides is 2. The Bertz CT molecular complexity index is 1330. The molecule has 2 amide bonds. The van der Waals surface area contributed by atoms with Gasteiger partial charge in [0, 0.05) is 34.2 Å². The summed E-state index contributed by atoms with van der Waals surface area (Å²) in [6.45, 7) is 7.38. The van der Waals surface area contributed by atoms with Crippen molar-refractivity contribution >= 4 is 28.4 Å². The highest BCUT2D eigenvalue weighted by molar-refractivity contribution is 6.11. The normalized spacial score (nSPS) is 10.8. The van der Waals surface area contributed by atoms with Crippen molar-refractivity contribution in [1.29, 1.82) is 0 Å². The number of H-pyrrole nitrogens is 1. The van der Waals surface area contributed by atoms with Crippen molar-refractivity contribution in [1.82, 2.24) is 9.97 Å². The van der Waals surface area contributed by atoms with E-state index in [0.717, 1.165) is 39.0 Å². The lowest BCUT2D eigenvalue weighted by atomic mass is 9.94.